The summed E-state index contributed by atoms with van der Waals surface area (Å²) in [7, 11) is 0. The second kappa shape index (κ2) is 5.74. The third-order valence-corrected chi connectivity index (χ3v) is 3.40. The van der Waals surface area contributed by atoms with E-state index in [0.29, 0.717) is 22.0 Å². The van der Waals surface area contributed by atoms with Crippen LogP contribution in [-0.4, -0.2) is 14.7 Å². The second-order valence-corrected chi connectivity index (χ2v) is 4.86. The minimum atomic E-state index is -0.678. The molecule has 0 saturated carbocycles. The Morgan fingerprint density at radius 1 is 1.39 bits per heavy atom. The molecule has 0 amide bonds. The molecule has 0 aliphatic rings. The summed E-state index contributed by atoms with van der Waals surface area (Å²) in [5.74, 6) is 0.844. The highest BCUT2D eigenvalue weighted by atomic mass is 35.5. The van der Waals surface area contributed by atoms with Crippen molar-refractivity contribution in [3.8, 4) is 0 Å². The average Bonchev–Trinajstić information content (AvgIpc) is 2.76. The number of nitrogens with zero attached hydrogens (tertiary/aromatic N) is 2. The molecule has 2 rings (SSSR count). The van der Waals surface area contributed by atoms with Gasteiger partial charge in [0.25, 0.3) is 0 Å². The van der Waals surface area contributed by atoms with Crippen molar-refractivity contribution in [3.05, 3.63) is 52.0 Å². The van der Waals surface area contributed by atoms with Gasteiger partial charge in [-0.05, 0) is 24.6 Å². The van der Waals surface area contributed by atoms with E-state index in [0.717, 1.165) is 12.4 Å². The quantitative estimate of drug-likeness (QED) is 0.933. The predicted octanol–water partition coefficient (Wildman–Crippen LogP) is 3.49. The zero-order valence-electron chi connectivity index (χ0n) is 9.98. The highest BCUT2D eigenvalue weighted by molar-refractivity contribution is 6.35. The second-order valence-electron chi connectivity index (χ2n) is 4.02. The summed E-state index contributed by atoms with van der Waals surface area (Å²) in [6.45, 7) is 2.86. The van der Waals surface area contributed by atoms with Crippen LogP contribution in [-0.2, 0) is 13.0 Å². The van der Waals surface area contributed by atoms with Crippen LogP contribution in [0.25, 0.3) is 0 Å². The largest absolute Gasteiger partial charge is 0.388 e. The number of rotatable bonds is 4. The van der Waals surface area contributed by atoms with Crippen LogP contribution in [0.15, 0.2) is 30.6 Å². The molecule has 0 spiro atoms. The standard InChI is InChI=1S/C13H14Cl2N2O/c1-2-17-6-5-16-13(17)8-12(18)10-4-3-9(14)7-11(10)15/h3-7,12,18H,2,8H2,1H3. The highest BCUT2D eigenvalue weighted by Gasteiger charge is 2.15. The SMILES string of the molecule is CCn1ccnc1CC(O)c1ccc(Cl)cc1Cl. The number of halogens is 2. The molecule has 5 heteroatoms. The van der Waals surface area contributed by atoms with E-state index in [-0.39, 0.29) is 0 Å². The summed E-state index contributed by atoms with van der Waals surface area (Å²) >= 11 is 11.9. The molecular weight excluding hydrogens is 271 g/mol. The lowest BCUT2D eigenvalue weighted by Crippen LogP contribution is -2.08. The van der Waals surface area contributed by atoms with Gasteiger partial charge in [-0.15, -0.1) is 0 Å². The van der Waals surface area contributed by atoms with Gasteiger partial charge in [0.1, 0.15) is 5.82 Å². The normalized spacial score (nSPS) is 12.7. The van der Waals surface area contributed by atoms with Gasteiger partial charge in [-0.3, -0.25) is 0 Å². The third-order valence-electron chi connectivity index (χ3n) is 2.84. The van der Waals surface area contributed by atoms with Crippen LogP contribution in [0.3, 0.4) is 0 Å². The Morgan fingerprint density at radius 2 is 2.17 bits per heavy atom. The number of aliphatic hydroxyl groups is 1. The molecule has 1 heterocycles. The molecule has 96 valence electrons. The van der Waals surface area contributed by atoms with Gasteiger partial charge < -0.3 is 9.67 Å². The van der Waals surface area contributed by atoms with E-state index in [1.54, 1.807) is 24.4 Å². The Labute approximate surface area is 116 Å². The lowest BCUT2D eigenvalue weighted by molar-refractivity contribution is 0.174. The van der Waals surface area contributed by atoms with Crippen molar-refractivity contribution in [2.75, 3.05) is 0 Å². The first kappa shape index (κ1) is 13.4. The Bertz CT molecular complexity index is 540. The first-order valence-corrected chi connectivity index (χ1v) is 6.50. The molecule has 1 atom stereocenters. The van der Waals surface area contributed by atoms with Crippen LogP contribution >= 0.6 is 23.2 Å². The van der Waals surface area contributed by atoms with E-state index in [4.69, 9.17) is 23.2 Å². The molecule has 3 nitrogen and oxygen atoms in total. The number of imidazole rings is 1. The number of aliphatic hydroxyl groups excluding tert-OH is 1. The van der Waals surface area contributed by atoms with E-state index < -0.39 is 6.10 Å². The van der Waals surface area contributed by atoms with Crippen molar-refractivity contribution in [2.24, 2.45) is 0 Å². The van der Waals surface area contributed by atoms with E-state index in [1.165, 1.54) is 0 Å². The van der Waals surface area contributed by atoms with Crippen molar-refractivity contribution in [3.63, 3.8) is 0 Å². The summed E-state index contributed by atoms with van der Waals surface area (Å²) in [6.07, 6.45) is 3.38. The molecular formula is C13H14Cl2N2O. The van der Waals surface area contributed by atoms with Gasteiger partial charge in [0, 0.05) is 35.4 Å². The van der Waals surface area contributed by atoms with E-state index in [2.05, 4.69) is 4.98 Å². The molecule has 18 heavy (non-hydrogen) atoms. The molecule has 0 aliphatic carbocycles. The molecule has 0 fully saturated rings. The fourth-order valence-electron chi connectivity index (χ4n) is 1.87. The van der Waals surface area contributed by atoms with E-state index in [1.807, 2.05) is 17.7 Å². The fraction of sp³-hybridized carbons (Fsp3) is 0.308. The van der Waals surface area contributed by atoms with Gasteiger partial charge in [-0.2, -0.15) is 0 Å². The van der Waals surface area contributed by atoms with Gasteiger partial charge >= 0.3 is 0 Å². The van der Waals surface area contributed by atoms with Crippen molar-refractivity contribution in [2.45, 2.75) is 26.0 Å². The third kappa shape index (κ3) is 2.86. The first-order valence-electron chi connectivity index (χ1n) is 5.74. The number of aryl methyl sites for hydroxylation is 1. The lowest BCUT2D eigenvalue weighted by atomic mass is 10.1. The Kier molecular flexibility index (Phi) is 4.27. The number of hydrogen-bond donors (Lipinski definition) is 1. The van der Waals surface area contributed by atoms with Gasteiger partial charge in [-0.1, -0.05) is 29.3 Å². The summed E-state index contributed by atoms with van der Waals surface area (Å²) in [5, 5.41) is 11.2. The monoisotopic (exact) mass is 284 g/mol. The van der Waals surface area contributed by atoms with Crippen molar-refractivity contribution in [1.29, 1.82) is 0 Å². The van der Waals surface area contributed by atoms with Crippen LogP contribution in [0.4, 0.5) is 0 Å². The van der Waals surface area contributed by atoms with E-state index in [9.17, 15) is 5.11 Å². The van der Waals surface area contributed by atoms with Crippen LogP contribution in [0.1, 0.15) is 24.4 Å². The highest BCUT2D eigenvalue weighted by Crippen LogP contribution is 2.28. The number of benzene rings is 1. The van der Waals surface area contributed by atoms with Gasteiger partial charge in [0.2, 0.25) is 0 Å². The average molecular weight is 285 g/mol. The van der Waals surface area contributed by atoms with Crippen molar-refractivity contribution < 1.29 is 5.11 Å². The van der Waals surface area contributed by atoms with Crippen LogP contribution < -0.4 is 0 Å². The molecule has 1 N–H and O–H groups in total. The summed E-state index contributed by atoms with van der Waals surface area (Å²) < 4.78 is 1.99. The minimum Gasteiger partial charge on any atom is -0.388 e. The number of aromatic nitrogens is 2. The molecule has 0 bridgehead atoms. The maximum Gasteiger partial charge on any atom is 0.111 e. The molecule has 1 aromatic carbocycles. The van der Waals surface area contributed by atoms with Crippen molar-refractivity contribution >= 4 is 23.2 Å². The molecule has 0 aliphatic heterocycles. The Hall–Kier alpha value is -1.03. The first-order chi connectivity index (χ1) is 8.61. The summed E-state index contributed by atoms with van der Waals surface area (Å²) in [4.78, 5) is 4.23. The van der Waals surface area contributed by atoms with Crippen molar-refractivity contribution in [1.82, 2.24) is 9.55 Å². The van der Waals surface area contributed by atoms with Gasteiger partial charge in [0.05, 0.1) is 6.10 Å². The fourth-order valence-corrected chi connectivity index (χ4v) is 2.41. The number of hydrogen-bond acceptors (Lipinski definition) is 2. The van der Waals surface area contributed by atoms with Crippen LogP contribution in [0.2, 0.25) is 10.0 Å². The summed E-state index contributed by atoms with van der Waals surface area (Å²) in [6, 6.07) is 5.10. The topological polar surface area (TPSA) is 38.0 Å². The minimum absolute atomic E-state index is 0.433. The molecule has 1 aromatic heterocycles. The maximum atomic E-state index is 10.2. The zero-order valence-corrected chi connectivity index (χ0v) is 11.5. The summed E-state index contributed by atoms with van der Waals surface area (Å²) in [5.41, 5.74) is 0.673. The van der Waals surface area contributed by atoms with E-state index >= 15 is 0 Å². The lowest BCUT2D eigenvalue weighted by Gasteiger charge is -2.13. The molecule has 0 radical (unpaired) electrons. The Balaban J connectivity index is 2.19. The predicted molar refractivity (Wildman–Crippen MR) is 73.0 cm³/mol. The van der Waals surface area contributed by atoms with Crippen LogP contribution in [0.5, 0.6) is 0 Å². The molecule has 0 saturated heterocycles. The van der Waals surface area contributed by atoms with Gasteiger partial charge in [-0.25, -0.2) is 4.98 Å². The molecule has 1 unspecified atom stereocenters. The smallest absolute Gasteiger partial charge is 0.111 e. The Morgan fingerprint density at radius 3 is 2.83 bits per heavy atom. The van der Waals surface area contributed by atoms with Gasteiger partial charge in [0.15, 0.2) is 0 Å². The van der Waals surface area contributed by atoms with Crippen LogP contribution in [0, 0.1) is 0 Å². The zero-order chi connectivity index (χ0) is 13.1. The maximum absolute atomic E-state index is 10.2. The molecule has 2 aromatic rings.